The van der Waals surface area contributed by atoms with E-state index in [9.17, 15) is 4.79 Å². The first-order chi connectivity index (χ1) is 8.27. The maximum Gasteiger partial charge on any atom is 0.411 e. The van der Waals surface area contributed by atoms with E-state index < -0.39 is 0 Å². The smallest absolute Gasteiger partial charge is 0.411 e. The first-order valence-electron chi connectivity index (χ1n) is 5.71. The quantitative estimate of drug-likeness (QED) is 0.771. The molecule has 0 aliphatic carbocycles. The second-order valence-electron chi connectivity index (χ2n) is 5.36. The second kappa shape index (κ2) is 4.63. The molecule has 0 bridgehead atoms. The molecule has 1 amide bonds. The molecule has 0 N–H and O–H groups in total. The molecule has 2 rings (SSSR count). The summed E-state index contributed by atoms with van der Waals surface area (Å²) in [5, 5.41) is 1.09. The molecule has 3 nitrogen and oxygen atoms in total. The number of carbonyl (C=O) groups is 1. The number of ether oxygens (including phenoxy) is 1. The number of halogens is 2. The standard InChI is InChI=1S/C13H15Cl2NO2/c1-13(2,3)16-7-11(18-12(16)17)8-4-9(14)6-10(15)5-8/h4-6,11H,7H2,1-3H3/t11-/m0/s1. The van der Waals surface area contributed by atoms with E-state index in [1.165, 1.54) is 0 Å². The fourth-order valence-corrected chi connectivity index (χ4v) is 2.49. The van der Waals surface area contributed by atoms with Gasteiger partial charge in [0.15, 0.2) is 0 Å². The van der Waals surface area contributed by atoms with Crippen LogP contribution in [0.2, 0.25) is 10.0 Å². The van der Waals surface area contributed by atoms with Gasteiger partial charge in [-0.05, 0) is 44.5 Å². The van der Waals surface area contributed by atoms with Crippen LogP contribution in [0.4, 0.5) is 4.79 Å². The molecule has 1 aliphatic heterocycles. The number of hydrogen-bond acceptors (Lipinski definition) is 2. The third kappa shape index (κ3) is 2.73. The third-order valence-electron chi connectivity index (χ3n) is 2.88. The minimum absolute atomic E-state index is 0.256. The largest absolute Gasteiger partial charge is 0.439 e. The van der Waals surface area contributed by atoms with E-state index in [1.54, 1.807) is 23.1 Å². The Balaban J connectivity index is 2.24. The van der Waals surface area contributed by atoms with Crippen LogP contribution in [0.25, 0.3) is 0 Å². The van der Waals surface area contributed by atoms with E-state index in [0.29, 0.717) is 16.6 Å². The van der Waals surface area contributed by atoms with E-state index in [2.05, 4.69) is 0 Å². The summed E-state index contributed by atoms with van der Waals surface area (Å²) < 4.78 is 5.37. The van der Waals surface area contributed by atoms with Crippen molar-refractivity contribution in [2.75, 3.05) is 6.54 Å². The van der Waals surface area contributed by atoms with Crippen LogP contribution in [0.5, 0.6) is 0 Å². The van der Waals surface area contributed by atoms with Crippen molar-refractivity contribution in [3.8, 4) is 0 Å². The molecule has 18 heavy (non-hydrogen) atoms. The number of nitrogens with zero attached hydrogens (tertiary/aromatic N) is 1. The zero-order valence-corrected chi connectivity index (χ0v) is 12.0. The summed E-state index contributed by atoms with van der Waals surface area (Å²) in [4.78, 5) is 13.5. The number of benzene rings is 1. The molecule has 0 saturated carbocycles. The van der Waals surface area contributed by atoms with Gasteiger partial charge in [0.2, 0.25) is 0 Å². The van der Waals surface area contributed by atoms with E-state index >= 15 is 0 Å². The van der Waals surface area contributed by atoms with Crippen LogP contribution < -0.4 is 0 Å². The van der Waals surface area contributed by atoms with Crippen molar-refractivity contribution in [3.63, 3.8) is 0 Å². The molecule has 1 heterocycles. The van der Waals surface area contributed by atoms with Gasteiger partial charge in [0, 0.05) is 15.6 Å². The van der Waals surface area contributed by atoms with Crippen molar-refractivity contribution < 1.29 is 9.53 Å². The molecular weight excluding hydrogens is 273 g/mol. The van der Waals surface area contributed by atoms with Gasteiger partial charge in [-0.3, -0.25) is 4.90 Å². The summed E-state index contributed by atoms with van der Waals surface area (Å²) in [5.74, 6) is 0. The highest BCUT2D eigenvalue weighted by Crippen LogP contribution is 2.33. The van der Waals surface area contributed by atoms with E-state index in [-0.39, 0.29) is 17.7 Å². The van der Waals surface area contributed by atoms with Crippen LogP contribution >= 0.6 is 23.2 Å². The lowest BCUT2D eigenvalue weighted by Gasteiger charge is -2.29. The molecule has 1 aromatic carbocycles. The van der Waals surface area contributed by atoms with Crippen molar-refractivity contribution in [2.45, 2.75) is 32.4 Å². The van der Waals surface area contributed by atoms with Crippen molar-refractivity contribution in [3.05, 3.63) is 33.8 Å². The predicted octanol–water partition coefficient (Wildman–Crippen LogP) is 4.29. The highest BCUT2D eigenvalue weighted by atomic mass is 35.5. The normalized spacial score (nSPS) is 20.2. The average Bonchev–Trinajstić information content (AvgIpc) is 2.58. The Hall–Kier alpha value is -0.930. The summed E-state index contributed by atoms with van der Waals surface area (Å²) in [6.07, 6.45) is -0.614. The Bertz CT molecular complexity index is 462. The molecule has 98 valence electrons. The lowest BCUT2D eigenvalue weighted by Crippen LogP contribution is -2.41. The molecule has 5 heteroatoms. The SMILES string of the molecule is CC(C)(C)N1C[C@@H](c2cc(Cl)cc(Cl)c2)OC1=O. The van der Waals surface area contributed by atoms with Crippen LogP contribution in [0, 0.1) is 0 Å². The van der Waals surface area contributed by atoms with Gasteiger partial charge in [0.1, 0.15) is 6.10 Å². The monoisotopic (exact) mass is 287 g/mol. The van der Waals surface area contributed by atoms with Crippen molar-refractivity contribution in [1.29, 1.82) is 0 Å². The maximum atomic E-state index is 11.8. The van der Waals surface area contributed by atoms with Gasteiger partial charge in [0.25, 0.3) is 0 Å². The second-order valence-corrected chi connectivity index (χ2v) is 6.23. The number of hydrogen-bond donors (Lipinski definition) is 0. The molecule has 0 aromatic heterocycles. The average molecular weight is 288 g/mol. The minimum atomic E-state index is -0.312. The first kappa shape index (κ1) is 13.5. The van der Waals surface area contributed by atoms with Crippen molar-refractivity contribution in [2.24, 2.45) is 0 Å². The zero-order valence-electron chi connectivity index (χ0n) is 10.5. The summed E-state index contributed by atoms with van der Waals surface area (Å²) >= 11 is 11.9. The van der Waals surface area contributed by atoms with E-state index in [1.807, 2.05) is 20.8 Å². The summed E-state index contributed by atoms with van der Waals surface area (Å²) in [6, 6.07) is 5.21. The highest BCUT2D eigenvalue weighted by Gasteiger charge is 2.38. The lowest BCUT2D eigenvalue weighted by molar-refractivity contribution is 0.120. The minimum Gasteiger partial charge on any atom is -0.439 e. The maximum absolute atomic E-state index is 11.8. The number of rotatable bonds is 1. The van der Waals surface area contributed by atoms with Gasteiger partial charge < -0.3 is 4.74 Å². The molecule has 0 spiro atoms. The third-order valence-corrected chi connectivity index (χ3v) is 3.31. The van der Waals surface area contributed by atoms with E-state index in [4.69, 9.17) is 27.9 Å². The number of amides is 1. The van der Waals surface area contributed by atoms with Crippen LogP contribution in [0.1, 0.15) is 32.4 Å². The first-order valence-corrected chi connectivity index (χ1v) is 6.47. The van der Waals surface area contributed by atoms with E-state index in [0.717, 1.165) is 5.56 Å². The van der Waals surface area contributed by atoms with Crippen LogP contribution in [0.3, 0.4) is 0 Å². The molecule has 1 saturated heterocycles. The Morgan fingerprint density at radius 2 is 1.78 bits per heavy atom. The fourth-order valence-electron chi connectivity index (χ4n) is 1.95. The van der Waals surface area contributed by atoms with Gasteiger partial charge in [-0.25, -0.2) is 4.79 Å². The molecule has 1 aromatic rings. The van der Waals surface area contributed by atoms with Gasteiger partial charge in [0.05, 0.1) is 6.54 Å². The summed E-state index contributed by atoms with van der Waals surface area (Å²) in [7, 11) is 0. The van der Waals surface area contributed by atoms with Gasteiger partial charge >= 0.3 is 6.09 Å². The van der Waals surface area contributed by atoms with Gasteiger partial charge in [-0.2, -0.15) is 0 Å². The topological polar surface area (TPSA) is 29.5 Å². The summed E-state index contributed by atoms with van der Waals surface area (Å²) in [5.41, 5.74) is 0.571. The van der Waals surface area contributed by atoms with Crippen LogP contribution in [-0.2, 0) is 4.74 Å². The molecule has 0 unspecified atom stereocenters. The Morgan fingerprint density at radius 3 is 2.22 bits per heavy atom. The highest BCUT2D eigenvalue weighted by molar-refractivity contribution is 6.34. The summed E-state index contributed by atoms with van der Waals surface area (Å²) in [6.45, 7) is 6.43. The van der Waals surface area contributed by atoms with Crippen molar-refractivity contribution >= 4 is 29.3 Å². The molecule has 1 aliphatic rings. The molecular formula is C13H15Cl2NO2. The van der Waals surface area contributed by atoms with Gasteiger partial charge in [-0.1, -0.05) is 23.2 Å². The molecule has 1 atom stereocenters. The van der Waals surface area contributed by atoms with Crippen molar-refractivity contribution in [1.82, 2.24) is 4.90 Å². The lowest BCUT2D eigenvalue weighted by atomic mass is 10.0. The van der Waals surface area contributed by atoms with Crippen LogP contribution in [-0.4, -0.2) is 23.1 Å². The van der Waals surface area contributed by atoms with Crippen LogP contribution in [0.15, 0.2) is 18.2 Å². The predicted molar refractivity (Wildman–Crippen MR) is 72.1 cm³/mol. The molecule has 0 radical (unpaired) electrons. The Labute approximate surface area is 117 Å². The number of cyclic esters (lactones) is 1. The zero-order chi connectivity index (χ0) is 13.5. The van der Waals surface area contributed by atoms with Gasteiger partial charge in [-0.15, -0.1) is 0 Å². The fraction of sp³-hybridized carbons (Fsp3) is 0.462. The number of carbonyl (C=O) groups excluding carboxylic acids is 1. The Kier molecular flexibility index (Phi) is 3.47. The molecule has 1 fully saturated rings. The Morgan fingerprint density at radius 1 is 1.22 bits per heavy atom.